The molecule has 0 N–H and O–H groups in total. The Morgan fingerprint density at radius 2 is 1.76 bits per heavy atom. The number of aromatic nitrogens is 2. The summed E-state index contributed by atoms with van der Waals surface area (Å²) in [7, 11) is 0. The summed E-state index contributed by atoms with van der Waals surface area (Å²) < 4.78 is 4.74. The van der Waals surface area contributed by atoms with E-state index in [0.717, 1.165) is 42.5 Å². The highest BCUT2D eigenvalue weighted by Crippen LogP contribution is 2.32. The summed E-state index contributed by atoms with van der Waals surface area (Å²) in [6.07, 6.45) is 7.66. The van der Waals surface area contributed by atoms with Crippen molar-refractivity contribution in [1.82, 2.24) is 10.1 Å². The first-order valence-electron chi connectivity index (χ1n) is 10.2. The number of carbonyl (C=O) groups is 2. The predicted molar refractivity (Wildman–Crippen MR) is 109 cm³/mol. The standard InChI is InChI=1S/C24H24N2O3/c27-23(15-18-8-11-21(25-16-18)19-4-2-1-3-5-19)20-9-6-17(7-10-20)14-24(28)22-12-13-29-26-22/h1-5,8,11-13,16-17,20H,6-7,9-10,14-15H2. The Bertz CT molecular complexity index is 942. The number of rotatable bonds is 7. The smallest absolute Gasteiger partial charge is 0.184 e. The number of carbonyl (C=O) groups excluding carboxylic acids is 2. The summed E-state index contributed by atoms with van der Waals surface area (Å²) in [5.74, 6) is 0.718. The summed E-state index contributed by atoms with van der Waals surface area (Å²) in [6.45, 7) is 0. The van der Waals surface area contributed by atoms with Crippen LogP contribution >= 0.6 is 0 Å². The largest absolute Gasteiger partial charge is 0.364 e. The van der Waals surface area contributed by atoms with Gasteiger partial charge in [-0.25, -0.2) is 0 Å². The van der Waals surface area contributed by atoms with Gasteiger partial charge in [-0.3, -0.25) is 14.6 Å². The maximum absolute atomic E-state index is 12.7. The molecule has 3 aromatic rings. The van der Waals surface area contributed by atoms with Crippen molar-refractivity contribution in [3.05, 3.63) is 72.2 Å². The van der Waals surface area contributed by atoms with Crippen molar-refractivity contribution in [3.63, 3.8) is 0 Å². The van der Waals surface area contributed by atoms with Gasteiger partial charge in [-0.05, 0) is 43.2 Å². The van der Waals surface area contributed by atoms with E-state index in [-0.39, 0.29) is 17.5 Å². The molecule has 2 aromatic heterocycles. The molecule has 5 heteroatoms. The Balaban J connectivity index is 1.27. The molecule has 1 fully saturated rings. The topological polar surface area (TPSA) is 73.1 Å². The van der Waals surface area contributed by atoms with Crippen LogP contribution < -0.4 is 0 Å². The van der Waals surface area contributed by atoms with Gasteiger partial charge in [-0.15, -0.1) is 0 Å². The van der Waals surface area contributed by atoms with Gasteiger partial charge in [0.1, 0.15) is 17.7 Å². The highest BCUT2D eigenvalue weighted by molar-refractivity contribution is 5.94. The molecular weight excluding hydrogens is 364 g/mol. The molecule has 29 heavy (non-hydrogen) atoms. The number of Topliss-reactive ketones (excluding diaryl/α,β-unsaturated/α-hetero) is 2. The predicted octanol–water partition coefficient (Wildman–Crippen LogP) is 4.93. The fourth-order valence-electron chi connectivity index (χ4n) is 4.07. The zero-order valence-corrected chi connectivity index (χ0v) is 16.3. The van der Waals surface area contributed by atoms with Crippen molar-refractivity contribution >= 4 is 11.6 Å². The van der Waals surface area contributed by atoms with Crippen LogP contribution in [-0.2, 0) is 11.2 Å². The second-order valence-electron chi connectivity index (χ2n) is 7.79. The molecule has 2 heterocycles. The van der Waals surface area contributed by atoms with E-state index in [4.69, 9.17) is 4.52 Å². The van der Waals surface area contributed by atoms with E-state index >= 15 is 0 Å². The van der Waals surface area contributed by atoms with Crippen LogP contribution in [0.15, 0.2) is 65.5 Å². The minimum Gasteiger partial charge on any atom is -0.364 e. The van der Waals surface area contributed by atoms with Crippen LogP contribution in [0.2, 0.25) is 0 Å². The van der Waals surface area contributed by atoms with Gasteiger partial charge in [-0.1, -0.05) is 41.6 Å². The first kappa shape index (κ1) is 19.2. The molecule has 0 atom stereocenters. The first-order chi connectivity index (χ1) is 14.2. The van der Waals surface area contributed by atoms with Crippen molar-refractivity contribution in [2.75, 3.05) is 0 Å². The van der Waals surface area contributed by atoms with Crippen LogP contribution in [0.5, 0.6) is 0 Å². The van der Waals surface area contributed by atoms with Gasteiger partial charge < -0.3 is 4.52 Å². The summed E-state index contributed by atoms with van der Waals surface area (Å²) >= 11 is 0. The number of ketones is 2. The lowest BCUT2D eigenvalue weighted by Crippen LogP contribution is -2.24. The van der Waals surface area contributed by atoms with E-state index in [9.17, 15) is 9.59 Å². The van der Waals surface area contributed by atoms with Crippen LogP contribution in [0, 0.1) is 11.8 Å². The summed E-state index contributed by atoms with van der Waals surface area (Å²) in [5.41, 5.74) is 3.34. The second-order valence-corrected chi connectivity index (χ2v) is 7.79. The Labute approximate surface area is 170 Å². The maximum Gasteiger partial charge on any atom is 0.184 e. The van der Waals surface area contributed by atoms with Crippen molar-refractivity contribution in [3.8, 4) is 11.3 Å². The quantitative estimate of drug-likeness (QED) is 0.537. The van der Waals surface area contributed by atoms with Crippen molar-refractivity contribution in [2.24, 2.45) is 11.8 Å². The van der Waals surface area contributed by atoms with Crippen LogP contribution in [0.4, 0.5) is 0 Å². The monoisotopic (exact) mass is 388 g/mol. The lowest BCUT2D eigenvalue weighted by molar-refractivity contribution is -0.123. The molecule has 0 amide bonds. The highest BCUT2D eigenvalue weighted by Gasteiger charge is 2.28. The number of nitrogens with zero attached hydrogens (tertiary/aromatic N) is 2. The lowest BCUT2D eigenvalue weighted by Gasteiger charge is -2.27. The SMILES string of the molecule is O=C(CC1CCC(C(=O)Cc2ccc(-c3ccccc3)nc2)CC1)c1ccon1. The Morgan fingerprint density at radius 3 is 2.41 bits per heavy atom. The van der Waals surface area contributed by atoms with Crippen molar-refractivity contribution in [2.45, 2.75) is 38.5 Å². The zero-order chi connectivity index (χ0) is 20.1. The highest BCUT2D eigenvalue weighted by atomic mass is 16.5. The fourth-order valence-corrected chi connectivity index (χ4v) is 4.07. The molecule has 1 aliphatic carbocycles. The number of pyridine rings is 1. The minimum absolute atomic E-state index is 0.0260. The van der Waals surface area contributed by atoms with Crippen molar-refractivity contribution in [1.29, 1.82) is 0 Å². The van der Waals surface area contributed by atoms with Gasteiger partial charge in [0.15, 0.2) is 5.78 Å². The third kappa shape index (κ3) is 4.86. The van der Waals surface area contributed by atoms with E-state index in [1.807, 2.05) is 48.7 Å². The molecule has 0 unspecified atom stereocenters. The molecular formula is C24H24N2O3. The van der Waals surface area contributed by atoms with Crippen molar-refractivity contribution < 1.29 is 14.1 Å². The van der Waals surface area contributed by atoms with E-state index in [1.165, 1.54) is 6.26 Å². The average Bonchev–Trinajstić information content (AvgIpc) is 3.31. The lowest BCUT2D eigenvalue weighted by atomic mass is 9.77. The van der Waals surface area contributed by atoms with Crippen LogP contribution in [0.25, 0.3) is 11.3 Å². The van der Waals surface area contributed by atoms with Gasteiger partial charge in [0.25, 0.3) is 0 Å². The molecule has 1 aliphatic rings. The summed E-state index contributed by atoms with van der Waals surface area (Å²) in [4.78, 5) is 29.4. The summed E-state index contributed by atoms with van der Waals surface area (Å²) in [5, 5.41) is 3.71. The third-order valence-corrected chi connectivity index (χ3v) is 5.77. The Hall–Kier alpha value is -3.08. The average molecular weight is 388 g/mol. The molecule has 0 aliphatic heterocycles. The van der Waals surface area contributed by atoms with Gasteiger partial charge in [-0.2, -0.15) is 0 Å². The third-order valence-electron chi connectivity index (χ3n) is 5.77. The van der Waals surface area contributed by atoms with Crippen LogP contribution in [-0.4, -0.2) is 21.7 Å². The summed E-state index contributed by atoms with van der Waals surface area (Å²) in [6, 6.07) is 15.6. The number of hydrogen-bond acceptors (Lipinski definition) is 5. The molecule has 0 radical (unpaired) electrons. The van der Waals surface area contributed by atoms with Crippen LogP contribution in [0.1, 0.15) is 48.2 Å². The molecule has 0 bridgehead atoms. The van der Waals surface area contributed by atoms with E-state index < -0.39 is 0 Å². The second kappa shape index (κ2) is 8.95. The number of benzene rings is 1. The Kier molecular flexibility index (Phi) is 5.94. The molecule has 4 rings (SSSR count). The van der Waals surface area contributed by atoms with E-state index in [1.54, 1.807) is 6.07 Å². The maximum atomic E-state index is 12.7. The molecule has 0 saturated heterocycles. The fraction of sp³-hybridized carbons (Fsp3) is 0.333. The zero-order valence-electron chi connectivity index (χ0n) is 16.3. The van der Waals surface area contributed by atoms with Gasteiger partial charge in [0, 0.05) is 36.6 Å². The van der Waals surface area contributed by atoms with E-state index in [2.05, 4.69) is 10.1 Å². The molecule has 1 saturated carbocycles. The molecule has 148 valence electrons. The van der Waals surface area contributed by atoms with Crippen LogP contribution in [0.3, 0.4) is 0 Å². The molecule has 5 nitrogen and oxygen atoms in total. The van der Waals surface area contributed by atoms with Gasteiger partial charge in [0.05, 0.1) is 5.69 Å². The van der Waals surface area contributed by atoms with Gasteiger partial charge >= 0.3 is 0 Å². The first-order valence-corrected chi connectivity index (χ1v) is 10.2. The van der Waals surface area contributed by atoms with E-state index in [0.29, 0.717) is 24.5 Å². The molecule has 1 aromatic carbocycles. The normalized spacial score (nSPS) is 19.0. The number of hydrogen-bond donors (Lipinski definition) is 0. The van der Waals surface area contributed by atoms with Gasteiger partial charge in [0.2, 0.25) is 0 Å². The minimum atomic E-state index is 0.0260. The molecule has 0 spiro atoms. The Morgan fingerprint density at radius 1 is 0.966 bits per heavy atom.